The SMILES string of the molecule is Cc1cc2oc(C(=O)N3CCN(Cc4nonc4C)CC3)cc(=O)c2cc1Cl. The van der Waals surface area contributed by atoms with Gasteiger partial charge in [0.2, 0.25) is 0 Å². The van der Waals surface area contributed by atoms with Crippen LogP contribution in [-0.4, -0.2) is 52.2 Å². The maximum atomic E-state index is 12.8. The molecule has 3 heterocycles. The van der Waals surface area contributed by atoms with E-state index >= 15 is 0 Å². The zero-order valence-electron chi connectivity index (χ0n) is 15.6. The summed E-state index contributed by atoms with van der Waals surface area (Å²) in [6.45, 7) is 6.73. The summed E-state index contributed by atoms with van der Waals surface area (Å²) in [6, 6.07) is 4.50. The van der Waals surface area contributed by atoms with Gasteiger partial charge in [0.1, 0.15) is 17.0 Å². The summed E-state index contributed by atoms with van der Waals surface area (Å²) in [5.41, 5.74) is 2.44. The Bertz CT molecular complexity index is 1100. The lowest BCUT2D eigenvalue weighted by Gasteiger charge is -2.33. The third-order valence-corrected chi connectivity index (χ3v) is 5.41. The van der Waals surface area contributed by atoms with Gasteiger partial charge in [0, 0.05) is 43.8 Å². The third kappa shape index (κ3) is 3.53. The van der Waals surface area contributed by atoms with Crippen LogP contribution in [0.15, 0.2) is 32.0 Å². The average molecular weight is 403 g/mol. The molecule has 2 aromatic heterocycles. The van der Waals surface area contributed by atoms with Crippen molar-refractivity contribution in [1.29, 1.82) is 0 Å². The Morgan fingerprint density at radius 3 is 2.57 bits per heavy atom. The van der Waals surface area contributed by atoms with Gasteiger partial charge in [0.15, 0.2) is 11.2 Å². The van der Waals surface area contributed by atoms with E-state index in [1.165, 1.54) is 6.07 Å². The Morgan fingerprint density at radius 2 is 1.89 bits per heavy atom. The lowest BCUT2D eigenvalue weighted by molar-refractivity contribution is 0.0595. The van der Waals surface area contributed by atoms with Crippen LogP contribution >= 0.6 is 11.6 Å². The first-order chi connectivity index (χ1) is 13.4. The highest BCUT2D eigenvalue weighted by molar-refractivity contribution is 6.32. The standard InChI is InChI=1S/C19H19ClN4O4/c1-11-7-17-13(8-14(11)20)16(25)9-18(27-17)19(26)24-5-3-23(4-6-24)10-15-12(2)21-28-22-15/h7-9H,3-6,10H2,1-2H3. The zero-order chi connectivity index (χ0) is 19.8. The van der Waals surface area contributed by atoms with Crippen molar-refractivity contribution in [2.45, 2.75) is 20.4 Å². The minimum atomic E-state index is -0.287. The molecule has 0 unspecified atom stereocenters. The molecule has 0 atom stereocenters. The molecular weight excluding hydrogens is 384 g/mol. The number of aryl methyl sites for hydroxylation is 2. The molecule has 3 aromatic rings. The largest absolute Gasteiger partial charge is 0.451 e. The molecule has 1 aliphatic heterocycles. The Hall–Kier alpha value is -2.71. The molecule has 1 fully saturated rings. The number of carbonyl (C=O) groups excluding carboxylic acids is 1. The Morgan fingerprint density at radius 1 is 1.14 bits per heavy atom. The fraction of sp³-hybridized carbons (Fsp3) is 0.368. The summed E-state index contributed by atoms with van der Waals surface area (Å²) in [7, 11) is 0. The predicted molar refractivity (Wildman–Crippen MR) is 102 cm³/mol. The average Bonchev–Trinajstić information content (AvgIpc) is 3.08. The zero-order valence-corrected chi connectivity index (χ0v) is 16.3. The molecule has 8 nitrogen and oxygen atoms in total. The summed E-state index contributed by atoms with van der Waals surface area (Å²) in [4.78, 5) is 29.1. The monoisotopic (exact) mass is 402 g/mol. The van der Waals surface area contributed by atoms with Gasteiger partial charge in [-0.2, -0.15) is 0 Å². The number of benzene rings is 1. The van der Waals surface area contributed by atoms with Crippen LogP contribution < -0.4 is 5.43 Å². The number of nitrogens with zero attached hydrogens (tertiary/aromatic N) is 4. The van der Waals surface area contributed by atoms with Crippen LogP contribution in [0.5, 0.6) is 0 Å². The Labute approximate surface area is 165 Å². The maximum absolute atomic E-state index is 12.8. The molecule has 0 radical (unpaired) electrons. The second-order valence-electron chi connectivity index (χ2n) is 6.94. The number of hydrogen-bond donors (Lipinski definition) is 0. The van der Waals surface area contributed by atoms with E-state index in [-0.39, 0.29) is 17.1 Å². The molecule has 0 spiro atoms. The molecule has 0 aliphatic carbocycles. The van der Waals surface area contributed by atoms with Crippen LogP contribution in [0.25, 0.3) is 11.0 Å². The van der Waals surface area contributed by atoms with Gasteiger partial charge in [-0.25, -0.2) is 4.63 Å². The Balaban J connectivity index is 1.49. The number of rotatable bonds is 3. The number of hydrogen-bond acceptors (Lipinski definition) is 7. The van der Waals surface area contributed by atoms with Crippen molar-refractivity contribution in [3.05, 3.63) is 56.2 Å². The number of aromatic nitrogens is 2. The molecule has 1 aromatic carbocycles. The lowest BCUT2D eigenvalue weighted by Crippen LogP contribution is -2.48. The molecule has 4 rings (SSSR count). The topological polar surface area (TPSA) is 92.7 Å². The first-order valence-corrected chi connectivity index (χ1v) is 9.34. The van der Waals surface area contributed by atoms with Crippen molar-refractivity contribution in [3.8, 4) is 0 Å². The molecule has 0 N–H and O–H groups in total. The van der Waals surface area contributed by atoms with E-state index in [0.717, 1.165) is 17.0 Å². The summed E-state index contributed by atoms with van der Waals surface area (Å²) in [5, 5.41) is 8.54. The molecule has 0 saturated carbocycles. The van der Waals surface area contributed by atoms with Crippen LogP contribution in [-0.2, 0) is 6.54 Å². The van der Waals surface area contributed by atoms with Gasteiger partial charge in [-0.3, -0.25) is 14.5 Å². The number of piperazine rings is 1. The molecule has 1 amide bonds. The summed E-state index contributed by atoms with van der Waals surface area (Å²) >= 11 is 6.08. The second kappa shape index (κ2) is 7.37. The van der Waals surface area contributed by atoms with Crippen LogP contribution in [0.4, 0.5) is 0 Å². The molecule has 146 valence electrons. The predicted octanol–water partition coefficient (Wildman–Crippen LogP) is 2.40. The first-order valence-electron chi connectivity index (χ1n) is 8.96. The van der Waals surface area contributed by atoms with E-state index in [4.69, 9.17) is 20.6 Å². The molecule has 0 bridgehead atoms. The fourth-order valence-corrected chi connectivity index (χ4v) is 3.42. The summed E-state index contributed by atoms with van der Waals surface area (Å²) in [5.74, 6) is -0.241. The molecular formula is C19H19ClN4O4. The van der Waals surface area contributed by atoms with Gasteiger partial charge in [0.25, 0.3) is 5.91 Å². The number of halogens is 1. The quantitative estimate of drug-likeness (QED) is 0.664. The normalized spacial score (nSPS) is 15.3. The molecule has 1 aliphatic rings. The van der Waals surface area contributed by atoms with Crippen molar-refractivity contribution in [2.24, 2.45) is 0 Å². The van der Waals surface area contributed by atoms with Crippen molar-refractivity contribution >= 4 is 28.5 Å². The second-order valence-corrected chi connectivity index (χ2v) is 7.34. The molecule has 28 heavy (non-hydrogen) atoms. The van der Waals surface area contributed by atoms with Crippen molar-refractivity contribution < 1.29 is 13.8 Å². The number of fused-ring (bicyclic) bond motifs is 1. The summed E-state index contributed by atoms with van der Waals surface area (Å²) < 4.78 is 10.5. The minimum Gasteiger partial charge on any atom is -0.451 e. The van der Waals surface area contributed by atoms with Gasteiger partial charge in [-0.1, -0.05) is 21.9 Å². The molecule has 1 saturated heterocycles. The number of amides is 1. The summed E-state index contributed by atoms with van der Waals surface area (Å²) in [6.07, 6.45) is 0. The van der Waals surface area contributed by atoms with E-state index in [0.29, 0.717) is 48.7 Å². The van der Waals surface area contributed by atoms with E-state index in [2.05, 4.69) is 15.2 Å². The third-order valence-electron chi connectivity index (χ3n) is 5.00. The van der Waals surface area contributed by atoms with Crippen molar-refractivity contribution in [3.63, 3.8) is 0 Å². The van der Waals surface area contributed by atoms with E-state index in [1.807, 2.05) is 13.8 Å². The highest BCUT2D eigenvalue weighted by atomic mass is 35.5. The highest BCUT2D eigenvalue weighted by Gasteiger charge is 2.25. The van der Waals surface area contributed by atoms with E-state index in [1.54, 1.807) is 17.0 Å². The highest BCUT2D eigenvalue weighted by Crippen LogP contribution is 2.23. The van der Waals surface area contributed by atoms with E-state index < -0.39 is 0 Å². The van der Waals surface area contributed by atoms with Crippen molar-refractivity contribution in [2.75, 3.05) is 26.2 Å². The van der Waals surface area contributed by atoms with Crippen LogP contribution in [0, 0.1) is 13.8 Å². The van der Waals surface area contributed by atoms with Gasteiger partial charge in [-0.15, -0.1) is 0 Å². The van der Waals surface area contributed by atoms with Crippen LogP contribution in [0.1, 0.15) is 27.5 Å². The van der Waals surface area contributed by atoms with Crippen molar-refractivity contribution in [1.82, 2.24) is 20.1 Å². The molecule has 9 heteroatoms. The van der Waals surface area contributed by atoms with Gasteiger partial charge >= 0.3 is 0 Å². The van der Waals surface area contributed by atoms with Crippen LogP contribution in [0.3, 0.4) is 0 Å². The van der Waals surface area contributed by atoms with Crippen LogP contribution in [0.2, 0.25) is 5.02 Å². The number of carbonyl (C=O) groups is 1. The maximum Gasteiger partial charge on any atom is 0.289 e. The fourth-order valence-electron chi connectivity index (χ4n) is 3.25. The van der Waals surface area contributed by atoms with Gasteiger partial charge in [0.05, 0.1) is 5.39 Å². The first kappa shape index (κ1) is 18.6. The van der Waals surface area contributed by atoms with Gasteiger partial charge in [-0.05, 0) is 31.5 Å². The Kier molecular flexibility index (Phi) is 4.91. The smallest absolute Gasteiger partial charge is 0.289 e. The lowest BCUT2D eigenvalue weighted by atomic mass is 10.1. The van der Waals surface area contributed by atoms with Gasteiger partial charge < -0.3 is 9.32 Å². The van der Waals surface area contributed by atoms with E-state index in [9.17, 15) is 9.59 Å². The minimum absolute atomic E-state index is 0.0456.